The van der Waals surface area contributed by atoms with Crippen LogP contribution in [-0.2, 0) is 14.6 Å². The summed E-state index contributed by atoms with van der Waals surface area (Å²) in [5, 5.41) is -0.913. The zero-order valence-corrected chi connectivity index (χ0v) is 14.0. The molecule has 1 saturated carbocycles. The molecule has 23 heavy (non-hydrogen) atoms. The highest BCUT2D eigenvalue weighted by Crippen LogP contribution is 2.42. The standard InChI is InChI=1S/C17H19NO4S/c1-11-12(2)22-17(18-11)16(13-8-9-14(19)10-13)23(20,21)15-6-4-3-5-7-15/h3-7,13,16H,8-10H2,1-2H3. The number of aryl methyl sites for hydroxylation is 2. The molecule has 0 spiro atoms. The Morgan fingerprint density at radius 3 is 2.43 bits per heavy atom. The topological polar surface area (TPSA) is 77.2 Å². The van der Waals surface area contributed by atoms with E-state index in [1.807, 2.05) is 0 Å². The molecule has 0 radical (unpaired) electrons. The molecule has 0 saturated heterocycles. The second-order valence-corrected chi connectivity index (χ2v) is 8.08. The number of benzene rings is 1. The van der Waals surface area contributed by atoms with Gasteiger partial charge in [-0.1, -0.05) is 18.2 Å². The van der Waals surface area contributed by atoms with Crippen molar-refractivity contribution < 1.29 is 17.6 Å². The number of oxazole rings is 1. The normalized spacial score (nSPS) is 19.9. The minimum atomic E-state index is -3.67. The van der Waals surface area contributed by atoms with Crippen molar-refractivity contribution in [3.63, 3.8) is 0 Å². The van der Waals surface area contributed by atoms with Crippen LogP contribution in [0.3, 0.4) is 0 Å². The maximum Gasteiger partial charge on any atom is 0.213 e. The molecule has 0 aliphatic heterocycles. The largest absolute Gasteiger partial charge is 0.444 e. The Morgan fingerprint density at radius 2 is 1.91 bits per heavy atom. The number of nitrogens with zero attached hydrogens (tertiary/aromatic N) is 1. The van der Waals surface area contributed by atoms with E-state index in [2.05, 4.69) is 4.98 Å². The summed E-state index contributed by atoms with van der Waals surface area (Å²) in [6, 6.07) is 8.29. The van der Waals surface area contributed by atoms with Crippen LogP contribution in [0, 0.1) is 19.8 Å². The number of carbonyl (C=O) groups is 1. The average molecular weight is 333 g/mol. The Hall–Kier alpha value is -1.95. The lowest BCUT2D eigenvalue weighted by Crippen LogP contribution is -2.21. The van der Waals surface area contributed by atoms with Gasteiger partial charge < -0.3 is 4.42 Å². The van der Waals surface area contributed by atoms with Gasteiger partial charge in [-0.15, -0.1) is 0 Å². The molecule has 6 heteroatoms. The summed E-state index contributed by atoms with van der Waals surface area (Å²) >= 11 is 0. The van der Waals surface area contributed by atoms with Crippen molar-refractivity contribution in [1.82, 2.24) is 4.98 Å². The number of aromatic nitrogens is 1. The van der Waals surface area contributed by atoms with Crippen molar-refractivity contribution in [2.45, 2.75) is 43.3 Å². The highest BCUT2D eigenvalue weighted by molar-refractivity contribution is 7.91. The summed E-state index contributed by atoms with van der Waals surface area (Å²) in [4.78, 5) is 16.2. The molecule has 122 valence electrons. The zero-order chi connectivity index (χ0) is 16.6. The third-order valence-corrected chi connectivity index (χ3v) is 6.59. The predicted octanol–water partition coefficient (Wildman–Crippen LogP) is 3.18. The second-order valence-electron chi connectivity index (χ2n) is 6.01. The molecule has 5 nitrogen and oxygen atoms in total. The zero-order valence-electron chi connectivity index (χ0n) is 13.2. The molecule has 2 unspecified atom stereocenters. The van der Waals surface area contributed by atoms with Gasteiger partial charge in [0, 0.05) is 12.8 Å². The molecule has 1 aromatic heterocycles. The minimum Gasteiger partial charge on any atom is -0.444 e. The molecule has 0 bridgehead atoms. The molecule has 1 aliphatic rings. The van der Waals surface area contributed by atoms with Gasteiger partial charge in [-0.2, -0.15) is 0 Å². The first kappa shape index (κ1) is 15.9. The second kappa shape index (κ2) is 5.92. The lowest BCUT2D eigenvalue weighted by atomic mass is 10.0. The maximum absolute atomic E-state index is 13.1. The molecular formula is C17H19NO4S. The van der Waals surface area contributed by atoms with Gasteiger partial charge in [0.25, 0.3) is 0 Å². The first-order chi connectivity index (χ1) is 10.9. The van der Waals surface area contributed by atoms with Crippen LogP contribution in [0.2, 0.25) is 0 Å². The van der Waals surface area contributed by atoms with Crippen LogP contribution >= 0.6 is 0 Å². The minimum absolute atomic E-state index is 0.100. The SMILES string of the molecule is Cc1nc(C(C2CCC(=O)C2)S(=O)(=O)c2ccccc2)oc1C. The molecule has 1 aliphatic carbocycles. The fourth-order valence-corrected chi connectivity index (χ4v) is 5.00. The van der Waals surface area contributed by atoms with Gasteiger partial charge in [0.05, 0.1) is 10.6 Å². The quantitative estimate of drug-likeness (QED) is 0.859. The van der Waals surface area contributed by atoms with Crippen LogP contribution in [0.25, 0.3) is 0 Å². The highest BCUT2D eigenvalue weighted by Gasteiger charge is 2.42. The number of rotatable bonds is 4. The van der Waals surface area contributed by atoms with Gasteiger partial charge in [0.15, 0.2) is 9.84 Å². The van der Waals surface area contributed by atoms with Crippen LogP contribution in [0.4, 0.5) is 0 Å². The molecular weight excluding hydrogens is 314 g/mol. The number of hydrogen-bond donors (Lipinski definition) is 0. The number of hydrogen-bond acceptors (Lipinski definition) is 5. The third-order valence-electron chi connectivity index (χ3n) is 4.41. The number of ketones is 1. The fraction of sp³-hybridized carbons (Fsp3) is 0.412. The maximum atomic E-state index is 13.1. The Bertz CT molecular complexity index is 804. The number of Topliss-reactive ketones (excluding diaryl/α,β-unsaturated/α-hetero) is 1. The van der Waals surface area contributed by atoms with Crippen LogP contribution < -0.4 is 0 Å². The molecule has 2 aromatic rings. The van der Waals surface area contributed by atoms with E-state index in [1.54, 1.807) is 44.2 Å². The molecule has 1 aromatic carbocycles. The monoisotopic (exact) mass is 333 g/mol. The first-order valence-corrected chi connectivity index (χ1v) is 9.19. The van der Waals surface area contributed by atoms with E-state index in [0.717, 1.165) is 0 Å². The Kier molecular flexibility index (Phi) is 4.10. The summed E-state index contributed by atoms with van der Waals surface area (Å²) in [7, 11) is -3.67. The van der Waals surface area contributed by atoms with Gasteiger partial charge >= 0.3 is 0 Å². The van der Waals surface area contributed by atoms with Crippen LogP contribution in [0.15, 0.2) is 39.6 Å². The van der Waals surface area contributed by atoms with E-state index in [1.165, 1.54) is 0 Å². The van der Waals surface area contributed by atoms with Crippen molar-refractivity contribution in [2.24, 2.45) is 5.92 Å². The van der Waals surface area contributed by atoms with Gasteiger partial charge in [0.2, 0.25) is 5.89 Å². The van der Waals surface area contributed by atoms with Gasteiger partial charge in [0.1, 0.15) is 16.8 Å². The van der Waals surface area contributed by atoms with Crippen LogP contribution in [0.1, 0.15) is 41.9 Å². The predicted molar refractivity (Wildman–Crippen MR) is 84.7 cm³/mol. The molecule has 3 rings (SSSR count). The van der Waals surface area contributed by atoms with Crippen molar-refractivity contribution in [2.75, 3.05) is 0 Å². The van der Waals surface area contributed by atoms with Crippen molar-refractivity contribution in [3.8, 4) is 0 Å². The van der Waals surface area contributed by atoms with Crippen molar-refractivity contribution in [3.05, 3.63) is 47.7 Å². The highest BCUT2D eigenvalue weighted by atomic mass is 32.2. The third kappa shape index (κ3) is 2.95. The lowest BCUT2D eigenvalue weighted by molar-refractivity contribution is -0.117. The summed E-state index contributed by atoms with van der Waals surface area (Å²) in [6.07, 6.45) is 1.23. The average Bonchev–Trinajstić information content (AvgIpc) is 3.07. The van der Waals surface area contributed by atoms with E-state index in [0.29, 0.717) is 24.3 Å². The summed E-state index contributed by atoms with van der Waals surface area (Å²) in [6.45, 7) is 3.55. The first-order valence-electron chi connectivity index (χ1n) is 7.64. The summed E-state index contributed by atoms with van der Waals surface area (Å²) in [5.41, 5.74) is 0.678. The molecule has 0 N–H and O–H groups in total. The Labute approximate surface area is 135 Å². The van der Waals surface area contributed by atoms with Gasteiger partial charge in [-0.25, -0.2) is 13.4 Å². The van der Waals surface area contributed by atoms with Crippen molar-refractivity contribution >= 4 is 15.6 Å². The summed E-state index contributed by atoms with van der Waals surface area (Å²) < 4.78 is 31.9. The van der Waals surface area contributed by atoms with E-state index < -0.39 is 15.1 Å². The van der Waals surface area contributed by atoms with E-state index in [-0.39, 0.29) is 28.9 Å². The van der Waals surface area contributed by atoms with Crippen molar-refractivity contribution in [1.29, 1.82) is 0 Å². The Morgan fingerprint density at radius 1 is 1.22 bits per heavy atom. The molecule has 1 fully saturated rings. The summed E-state index contributed by atoms with van der Waals surface area (Å²) in [5.74, 6) is 0.620. The van der Waals surface area contributed by atoms with E-state index >= 15 is 0 Å². The molecule has 1 heterocycles. The fourth-order valence-electron chi connectivity index (χ4n) is 3.07. The number of sulfone groups is 1. The lowest BCUT2D eigenvalue weighted by Gasteiger charge is -2.20. The van der Waals surface area contributed by atoms with Crippen LogP contribution in [0.5, 0.6) is 0 Å². The molecule has 0 amide bonds. The Balaban J connectivity index is 2.10. The van der Waals surface area contributed by atoms with E-state index in [4.69, 9.17) is 4.42 Å². The molecule has 2 atom stereocenters. The number of carbonyl (C=O) groups excluding carboxylic acids is 1. The van der Waals surface area contributed by atoms with Gasteiger partial charge in [-0.05, 0) is 38.3 Å². The van der Waals surface area contributed by atoms with Crippen LogP contribution in [-0.4, -0.2) is 19.2 Å². The smallest absolute Gasteiger partial charge is 0.213 e. The van der Waals surface area contributed by atoms with E-state index in [9.17, 15) is 13.2 Å². The van der Waals surface area contributed by atoms with Gasteiger partial charge in [-0.3, -0.25) is 4.79 Å².